The van der Waals surface area contributed by atoms with Crippen LogP contribution in [0.3, 0.4) is 0 Å². The van der Waals surface area contributed by atoms with Crippen LogP contribution in [-0.4, -0.2) is 28.8 Å². The number of benzene rings is 2. The summed E-state index contributed by atoms with van der Waals surface area (Å²) in [6.45, 7) is -0.886. The summed E-state index contributed by atoms with van der Waals surface area (Å²) in [6, 6.07) is 12.5. The van der Waals surface area contributed by atoms with Gasteiger partial charge < -0.3 is 4.84 Å². The van der Waals surface area contributed by atoms with Crippen LogP contribution in [0, 0.1) is 15.9 Å². The van der Waals surface area contributed by atoms with E-state index >= 15 is 4.39 Å². The van der Waals surface area contributed by atoms with Gasteiger partial charge in [-0.15, -0.1) is 0 Å². The molecule has 1 aliphatic rings. The van der Waals surface area contributed by atoms with Gasteiger partial charge in [0.25, 0.3) is 5.67 Å². The highest BCUT2D eigenvalue weighted by Gasteiger charge is 2.59. The molecule has 0 spiro atoms. The van der Waals surface area contributed by atoms with Crippen molar-refractivity contribution >= 4 is 11.7 Å². The third-order valence-electron chi connectivity index (χ3n) is 3.99. The molecule has 3 rings (SSSR count). The maximum atomic E-state index is 15.9. The normalized spacial score (nSPS) is 20.7. The van der Waals surface area contributed by atoms with Gasteiger partial charge in [0.15, 0.2) is 0 Å². The molecule has 2 aromatic carbocycles. The number of nitrogens with zero attached hydrogens (tertiary/aromatic N) is 2. The smallest absolute Gasteiger partial charge is 0.314 e. The van der Waals surface area contributed by atoms with Gasteiger partial charge in [0, 0.05) is 10.5 Å². The summed E-state index contributed by atoms with van der Waals surface area (Å²) in [5, 5.41) is 14.6. The average molecular weight is 346 g/mol. The van der Waals surface area contributed by atoms with Gasteiger partial charge in [0.1, 0.15) is 11.5 Å². The Morgan fingerprint density at radius 3 is 2.40 bits per heavy atom. The minimum atomic E-state index is -2.85. The standard InChI is InChI=1S/C17H12F2N2O4/c18-13-8-6-11(7-9-13)14(10-21(23)24)17(19)15(20-25-16(17)22)12-4-2-1-3-5-12/h1-9,14H,10H2/t14-,17+/m1/s1. The summed E-state index contributed by atoms with van der Waals surface area (Å²) in [5.74, 6) is -3.43. The van der Waals surface area contributed by atoms with Gasteiger partial charge in [-0.2, -0.15) is 0 Å². The van der Waals surface area contributed by atoms with Crippen molar-refractivity contribution in [1.29, 1.82) is 0 Å². The number of halogens is 2. The van der Waals surface area contributed by atoms with E-state index in [9.17, 15) is 19.3 Å². The zero-order valence-electron chi connectivity index (χ0n) is 12.8. The second-order valence-electron chi connectivity index (χ2n) is 5.52. The fourth-order valence-electron chi connectivity index (χ4n) is 2.79. The molecule has 128 valence electrons. The van der Waals surface area contributed by atoms with Gasteiger partial charge in [-0.05, 0) is 17.7 Å². The van der Waals surface area contributed by atoms with E-state index in [1.54, 1.807) is 18.2 Å². The first-order valence-corrected chi connectivity index (χ1v) is 7.34. The predicted octanol–water partition coefficient (Wildman–Crippen LogP) is 2.86. The first kappa shape index (κ1) is 16.7. The fraction of sp³-hybridized carbons (Fsp3) is 0.176. The maximum Gasteiger partial charge on any atom is 0.379 e. The Morgan fingerprint density at radius 1 is 1.16 bits per heavy atom. The van der Waals surface area contributed by atoms with Crippen molar-refractivity contribution in [2.24, 2.45) is 5.16 Å². The van der Waals surface area contributed by atoms with Gasteiger partial charge in [-0.1, -0.05) is 47.6 Å². The molecule has 0 radical (unpaired) electrons. The van der Waals surface area contributed by atoms with Crippen LogP contribution in [0.2, 0.25) is 0 Å². The maximum absolute atomic E-state index is 15.9. The summed E-state index contributed by atoms with van der Waals surface area (Å²) in [4.78, 5) is 27.0. The van der Waals surface area contributed by atoms with Crippen molar-refractivity contribution < 1.29 is 23.3 Å². The summed E-state index contributed by atoms with van der Waals surface area (Å²) >= 11 is 0. The number of carbonyl (C=O) groups is 1. The number of hydrogen-bond donors (Lipinski definition) is 0. The number of carbonyl (C=O) groups excluding carboxylic acids is 1. The van der Waals surface area contributed by atoms with Crippen LogP contribution in [0.25, 0.3) is 0 Å². The molecule has 0 bridgehead atoms. The molecule has 0 fully saturated rings. The van der Waals surface area contributed by atoms with Crippen molar-refractivity contribution in [2.45, 2.75) is 11.6 Å². The highest BCUT2D eigenvalue weighted by Crippen LogP contribution is 2.40. The number of rotatable bonds is 5. The topological polar surface area (TPSA) is 81.8 Å². The van der Waals surface area contributed by atoms with E-state index in [2.05, 4.69) is 9.99 Å². The highest BCUT2D eigenvalue weighted by atomic mass is 19.1. The number of oxime groups is 1. The van der Waals surface area contributed by atoms with Crippen LogP contribution in [0.4, 0.5) is 8.78 Å². The van der Waals surface area contributed by atoms with Gasteiger partial charge in [0.2, 0.25) is 6.54 Å². The van der Waals surface area contributed by atoms with E-state index in [4.69, 9.17) is 0 Å². The number of hydrogen-bond acceptors (Lipinski definition) is 5. The van der Waals surface area contributed by atoms with E-state index in [0.717, 1.165) is 12.1 Å². The Labute approximate surface area is 140 Å². The van der Waals surface area contributed by atoms with E-state index in [1.165, 1.54) is 24.3 Å². The van der Waals surface area contributed by atoms with Crippen molar-refractivity contribution in [2.75, 3.05) is 6.54 Å². The second kappa shape index (κ2) is 6.39. The third kappa shape index (κ3) is 2.98. The Bertz CT molecular complexity index is 839. The van der Waals surface area contributed by atoms with Crippen molar-refractivity contribution in [1.82, 2.24) is 0 Å². The molecule has 0 unspecified atom stereocenters. The fourth-order valence-corrected chi connectivity index (χ4v) is 2.79. The lowest BCUT2D eigenvalue weighted by molar-refractivity contribution is -0.485. The SMILES string of the molecule is O=C1ON=C(c2ccccc2)[C@@]1(F)[C@H](C[N+](=O)[O-])c1ccc(F)cc1. The van der Waals surface area contributed by atoms with Crippen LogP contribution in [-0.2, 0) is 9.63 Å². The molecule has 1 aliphatic heterocycles. The van der Waals surface area contributed by atoms with Gasteiger partial charge in [-0.25, -0.2) is 13.6 Å². The van der Waals surface area contributed by atoms with Gasteiger partial charge in [-0.3, -0.25) is 10.1 Å². The molecule has 0 saturated carbocycles. The molecule has 0 aliphatic carbocycles. The molecule has 0 aromatic heterocycles. The number of alkyl halides is 1. The van der Waals surface area contributed by atoms with Crippen LogP contribution in [0.5, 0.6) is 0 Å². The van der Waals surface area contributed by atoms with Crippen LogP contribution in [0.15, 0.2) is 59.8 Å². The average Bonchev–Trinajstić information content (AvgIpc) is 2.90. The molecule has 6 nitrogen and oxygen atoms in total. The van der Waals surface area contributed by atoms with Gasteiger partial charge >= 0.3 is 5.97 Å². The zero-order chi connectivity index (χ0) is 18.0. The van der Waals surface area contributed by atoms with E-state index < -0.39 is 34.8 Å². The van der Waals surface area contributed by atoms with E-state index in [0.29, 0.717) is 0 Å². The minimum Gasteiger partial charge on any atom is -0.314 e. The van der Waals surface area contributed by atoms with Crippen LogP contribution < -0.4 is 0 Å². The van der Waals surface area contributed by atoms with Crippen LogP contribution in [0.1, 0.15) is 17.0 Å². The van der Waals surface area contributed by atoms with Crippen molar-refractivity contribution in [3.8, 4) is 0 Å². The minimum absolute atomic E-state index is 0.100. The highest BCUT2D eigenvalue weighted by molar-refractivity contribution is 6.21. The summed E-state index contributed by atoms with van der Waals surface area (Å²) in [5.41, 5.74) is -2.82. The molecule has 1 heterocycles. The lowest BCUT2D eigenvalue weighted by Crippen LogP contribution is -2.47. The Balaban J connectivity index is 2.11. The second-order valence-corrected chi connectivity index (χ2v) is 5.52. The van der Waals surface area contributed by atoms with Gasteiger partial charge in [0.05, 0.1) is 5.92 Å². The van der Waals surface area contributed by atoms with E-state index in [-0.39, 0.29) is 16.8 Å². The first-order valence-electron chi connectivity index (χ1n) is 7.34. The lowest BCUT2D eigenvalue weighted by Gasteiger charge is -2.25. The first-order chi connectivity index (χ1) is 11.9. The molecular formula is C17H12F2N2O4. The van der Waals surface area contributed by atoms with E-state index in [1.807, 2.05) is 0 Å². The zero-order valence-corrected chi connectivity index (χ0v) is 12.8. The molecule has 2 aromatic rings. The molecule has 2 atom stereocenters. The number of nitro groups is 1. The molecule has 8 heteroatoms. The van der Waals surface area contributed by atoms with Crippen molar-refractivity contribution in [3.05, 3.63) is 81.7 Å². The lowest BCUT2D eigenvalue weighted by atomic mass is 9.78. The Kier molecular flexibility index (Phi) is 4.26. The molecule has 0 saturated heterocycles. The molecule has 0 N–H and O–H groups in total. The molecular weight excluding hydrogens is 334 g/mol. The Morgan fingerprint density at radius 2 is 1.80 bits per heavy atom. The summed E-state index contributed by atoms with van der Waals surface area (Å²) < 4.78 is 29.0. The largest absolute Gasteiger partial charge is 0.379 e. The summed E-state index contributed by atoms with van der Waals surface area (Å²) in [7, 11) is 0. The molecule has 25 heavy (non-hydrogen) atoms. The summed E-state index contributed by atoms with van der Waals surface area (Å²) in [6.07, 6.45) is 0. The third-order valence-corrected chi connectivity index (χ3v) is 3.99. The van der Waals surface area contributed by atoms with Crippen molar-refractivity contribution in [3.63, 3.8) is 0 Å². The quantitative estimate of drug-likeness (QED) is 0.474. The van der Waals surface area contributed by atoms with Crippen LogP contribution >= 0.6 is 0 Å². The predicted molar refractivity (Wildman–Crippen MR) is 83.9 cm³/mol. The molecule has 0 amide bonds. The Hall–Kier alpha value is -3.16. The monoisotopic (exact) mass is 346 g/mol.